The predicted molar refractivity (Wildman–Crippen MR) is 75.5 cm³/mol. The van der Waals surface area contributed by atoms with Gasteiger partial charge in [-0.25, -0.2) is 0 Å². The van der Waals surface area contributed by atoms with Crippen LogP contribution in [0.3, 0.4) is 0 Å². The van der Waals surface area contributed by atoms with Gasteiger partial charge in [-0.1, -0.05) is 17.7 Å². The van der Waals surface area contributed by atoms with E-state index in [0.717, 1.165) is 0 Å². The third-order valence-corrected chi connectivity index (χ3v) is 2.81. The summed E-state index contributed by atoms with van der Waals surface area (Å²) >= 11 is 5.93. The molecule has 0 aliphatic heterocycles. The molecule has 2 aromatic rings. The summed E-state index contributed by atoms with van der Waals surface area (Å²) in [7, 11) is 3.12. The van der Waals surface area contributed by atoms with E-state index in [1.807, 2.05) is 6.07 Å². The van der Waals surface area contributed by atoms with Crippen LogP contribution in [0.4, 0.5) is 5.69 Å². The Balaban J connectivity index is 2.45. The molecule has 2 N–H and O–H groups in total. The molecule has 0 radical (unpaired) electrons. The van der Waals surface area contributed by atoms with Gasteiger partial charge >= 0.3 is 0 Å². The molecule has 0 heterocycles. The number of ether oxygens (including phenoxy) is 3. The molecule has 5 heteroatoms. The average molecular weight is 280 g/mol. The average Bonchev–Trinajstić information content (AvgIpc) is 2.43. The standard InChI is InChI=1S/C14H14ClNO3/c1-17-11-4-3-5-12(18-2)14(11)19-13-8-9(15)6-7-10(13)16/h3-8H,16H2,1-2H3. The van der Waals surface area contributed by atoms with E-state index in [0.29, 0.717) is 33.7 Å². The number of hydrogen-bond acceptors (Lipinski definition) is 4. The molecule has 4 nitrogen and oxygen atoms in total. The van der Waals surface area contributed by atoms with Crippen LogP contribution in [0, 0.1) is 0 Å². The number of hydrogen-bond donors (Lipinski definition) is 1. The van der Waals surface area contributed by atoms with Crippen LogP contribution in [-0.4, -0.2) is 14.2 Å². The molecule has 0 aromatic heterocycles. The maximum Gasteiger partial charge on any atom is 0.211 e. The first-order chi connectivity index (χ1) is 9.15. The number of nitrogen functional groups attached to an aromatic ring is 1. The Morgan fingerprint density at radius 2 is 1.58 bits per heavy atom. The van der Waals surface area contributed by atoms with E-state index in [-0.39, 0.29) is 0 Å². The monoisotopic (exact) mass is 279 g/mol. The van der Waals surface area contributed by atoms with Crippen molar-refractivity contribution in [2.24, 2.45) is 0 Å². The molecule has 0 bridgehead atoms. The summed E-state index contributed by atoms with van der Waals surface area (Å²) in [6, 6.07) is 10.4. The smallest absolute Gasteiger partial charge is 0.211 e. The van der Waals surface area contributed by atoms with E-state index in [9.17, 15) is 0 Å². The van der Waals surface area contributed by atoms with Crippen LogP contribution in [0.15, 0.2) is 36.4 Å². The first kappa shape index (κ1) is 13.4. The summed E-state index contributed by atoms with van der Waals surface area (Å²) in [6.45, 7) is 0. The van der Waals surface area contributed by atoms with Gasteiger partial charge in [-0.05, 0) is 24.3 Å². The second-order valence-corrected chi connectivity index (χ2v) is 4.21. The molecular weight excluding hydrogens is 266 g/mol. The summed E-state index contributed by atoms with van der Waals surface area (Å²) in [5.74, 6) is 2.02. The van der Waals surface area contributed by atoms with Crippen molar-refractivity contribution < 1.29 is 14.2 Å². The van der Waals surface area contributed by atoms with Gasteiger partial charge in [0, 0.05) is 11.1 Å². The zero-order valence-electron chi connectivity index (χ0n) is 10.6. The van der Waals surface area contributed by atoms with E-state index in [1.54, 1.807) is 44.6 Å². The molecule has 0 spiro atoms. The van der Waals surface area contributed by atoms with Gasteiger partial charge in [-0.3, -0.25) is 0 Å². The molecule has 19 heavy (non-hydrogen) atoms. The molecule has 0 saturated carbocycles. The lowest BCUT2D eigenvalue weighted by Gasteiger charge is -2.15. The van der Waals surface area contributed by atoms with Crippen molar-refractivity contribution in [3.8, 4) is 23.0 Å². The fraction of sp³-hybridized carbons (Fsp3) is 0.143. The Kier molecular flexibility index (Phi) is 4.02. The first-order valence-corrected chi connectivity index (χ1v) is 5.97. The normalized spacial score (nSPS) is 10.1. The maximum absolute atomic E-state index is 5.93. The van der Waals surface area contributed by atoms with Crippen LogP contribution in [0.5, 0.6) is 23.0 Å². The number of halogens is 1. The first-order valence-electron chi connectivity index (χ1n) is 5.59. The fourth-order valence-electron chi connectivity index (χ4n) is 1.62. The van der Waals surface area contributed by atoms with Crippen LogP contribution < -0.4 is 19.9 Å². The minimum Gasteiger partial charge on any atom is -0.493 e. The third-order valence-electron chi connectivity index (χ3n) is 2.57. The van der Waals surface area contributed by atoms with Crippen molar-refractivity contribution in [3.63, 3.8) is 0 Å². The van der Waals surface area contributed by atoms with Gasteiger partial charge in [0.1, 0.15) is 0 Å². The van der Waals surface area contributed by atoms with Gasteiger partial charge in [0.05, 0.1) is 19.9 Å². The molecule has 0 amide bonds. The number of para-hydroxylation sites is 1. The van der Waals surface area contributed by atoms with Crippen LogP contribution in [0.1, 0.15) is 0 Å². The van der Waals surface area contributed by atoms with Crippen molar-refractivity contribution in [2.75, 3.05) is 20.0 Å². The lowest BCUT2D eigenvalue weighted by Crippen LogP contribution is -1.96. The number of nitrogens with two attached hydrogens (primary N) is 1. The maximum atomic E-state index is 5.93. The van der Waals surface area contributed by atoms with Gasteiger partial charge in [0.15, 0.2) is 17.2 Å². The van der Waals surface area contributed by atoms with E-state index >= 15 is 0 Å². The van der Waals surface area contributed by atoms with Gasteiger partial charge in [0.2, 0.25) is 5.75 Å². The Bertz CT molecular complexity index is 565. The lowest BCUT2D eigenvalue weighted by atomic mass is 10.2. The Morgan fingerprint density at radius 3 is 2.16 bits per heavy atom. The van der Waals surface area contributed by atoms with Gasteiger partial charge in [-0.15, -0.1) is 0 Å². The third kappa shape index (κ3) is 2.85. The summed E-state index contributed by atoms with van der Waals surface area (Å²) in [6.07, 6.45) is 0. The fourth-order valence-corrected chi connectivity index (χ4v) is 1.79. The Morgan fingerprint density at radius 1 is 0.947 bits per heavy atom. The van der Waals surface area contributed by atoms with Crippen LogP contribution in [-0.2, 0) is 0 Å². The van der Waals surface area contributed by atoms with Crippen LogP contribution in [0.2, 0.25) is 5.02 Å². The van der Waals surface area contributed by atoms with Crippen molar-refractivity contribution in [2.45, 2.75) is 0 Å². The summed E-state index contributed by atoms with van der Waals surface area (Å²) in [5.41, 5.74) is 6.34. The second kappa shape index (κ2) is 5.71. The highest BCUT2D eigenvalue weighted by Crippen LogP contribution is 2.41. The summed E-state index contributed by atoms with van der Waals surface area (Å²) in [5, 5.41) is 0.540. The van der Waals surface area contributed by atoms with Crippen molar-refractivity contribution >= 4 is 17.3 Å². The van der Waals surface area contributed by atoms with Crippen molar-refractivity contribution in [3.05, 3.63) is 41.4 Å². The molecular formula is C14H14ClNO3. The Labute approximate surface area is 116 Å². The SMILES string of the molecule is COc1cccc(OC)c1Oc1cc(Cl)ccc1N. The molecule has 0 unspecified atom stereocenters. The van der Waals surface area contributed by atoms with Crippen molar-refractivity contribution in [1.82, 2.24) is 0 Å². The zero-order chi connectivity index (χ0) is 13.8. The topological polar surface area (TPSA) is 53.7 Å². The highest BCUT2D eigenvalue weighted by molar-refractivity contribution is 6.30. The lowest BCUT2D eigenvalue weighted by molar-refractivity contribution is 0.347. The zero-order valence-corrected chi connectivity index (χ0v) is 11.4. The van der Waals surface area contributed by atoms with Crippen LogP contribution in [0.25, 0.3) is 0 Å². The quantitative estimate of drug-likeness (QED) is 0.867. The molecule has 2 aromatic carbocycles. The largest absolute Gasteiger partial charge is 0.493 e. The van der Waals surface area contributed by atoms with E-state index in [2.05, 4.69) is 0 Å². The minimum atomic E-state index is 0.454. The molecule has 2 rings (SSSR count). The van der Waals surface area contributed by atoms with Gasteiger partial charge in [-0.2, -0.15) is 0 Å². The summed E-state index contributed by atoms with van der Waals surface area (Å²) in [4.78, 5) is 0. The minimum absolute atomic E-state index is 0.454. The number of benzene rings is 2. The van der Waals surface area contributed by atoms with Gasteiger partial charge < -0.3 is 19.9 Å². The number of methoxy groups -OCH3 is 2. The van der Waals surface area contributed by atoms with E-state index < -0.39 is 0 Å². The van der Waals surface area contributed by atoms with Gasteiger partial charge in [0.25, 0.3) is 0 Å². The highest BCUT2D eigenvalue weighted by Gasteiger charge is 2.14. The summed E-state index contributed by atoms with van der Waals surface area (Å²) < 4.78 is 16.3. The van der Waals surface area contributed by atoms with Crippen LogP contribution >= 0.6 is 11.6 Å². The Hall–Kier alpha value is -2.07. The second-order valence-electron chi connectivity index (χ2n) is 3.78. The molecule has 0 fully saturated rings. The molecule has 0 atom stereocenters. The van der Waals surface area contributed by atoms with Crippen molar-refractivity contribution in [1.29, 1.82) is 0 Å². The predicted octanol–water partition coefficient (Wildman–Crippen LogP) is 3.73. The van der Waals surface area contributed by atoms with E-state index in [1.165, 1.54) is 0 Å². The molecule has 0 saturated heterocycles. The number of anilines is 1. The number of rotatable bonds is 4. The molecule has 100 valence electrons. The van der Waals surface area contributed by atoms with E-state index in [4.69, 9.17) is 31.5 Å². The molecule has 0 aliphatic rings. The molecule has 0 aliphatic carbocycles. The highest BCUT2D eigenvalue weighted by atomic mass is 35.5.